The summed E-state index contributed by atoms with van der Waals surface area (Å²) in [5.41, 5.74) is 4.63. The van der Waals surface area contributed by atoms with Crippen molar-refractivity contribution in [2.45, 2.75) is 38.1 Å². The summed E-state index contributed by atoms with van der Waals surface area (Å²) in [7, 11) is -3.27. The lowest BCUT2D eigenvalue weighted by Crippen LogP contribution is -2.42. The maximum atomic E-state index is 11.9. The first-order chi connectivity index (χ1) is 13.4. The highest BCUT2D eigenvalue weighted by Crippen LogP contribution is 2.37. The molecule has 0 saturated heterocycles. The second-order valence-corrected chi connectivity index (χ2v) is 10.5. The highest BCUT2D eigenvalue weighted by molar-refractivity contribution is 7.88. The van der Waals surface area contributed by atoms with Gasteiger partial charge in [-0.2, -0.15) is 0 Å². The van der Waals surface area contributed by atoms with Crippen molar-refractivity contribution in [2.75, 3.05) is 6.26 Å². The number of hydrogen-bond donors (Lipinski definition) is 1. The van der Waals surface area contributed by atoms with E-state index in [1.54, 1.807) is 11.3 Å². The van der Waals surface area contributed by atoms with Gasteiger partial charge in [0.15, 0.2) is 0 Å². The van der Waals surface area contributed by atoms with E-state index in [4.69, 9.17) is 4.98 Å². The second kappa shape index (κ2) is 7.78. The summed E-state index contributed by atoms with van der Waals surface area (Å²) in [4.78, 5) is 6.07. The van der Waals surface area contributed by atoms with Gasteiger partial charge in [-0.3, -0.25) is 0 Å². The van der Waals surface area contributed by atoms with E-state index in [0.717, 1.165) is 30.0 Å². The largest absolute Gasteiger partial charge is 0.246 e. The number of fused-ring (bicyclic) bond motifs is 1. The molecule has 2 atom stereocenters. The first-order valence-corrected chi connectivity index (χ1v) is 12.2. The number of aryl methyl sites for hydroxylation is 2. The lowest BCUT2D eigenvalue weighted by molar-refractivity contribution is 0.426. The van der Waals surface area contributed by atoms with Crippen molar-refractivity contribution in [1.29, 1.82) is 0 Å². The quantitative estimate of drug-likeness (QED) is 0.679. The maximum absolute atomic E-state index is 11.9. The molecule has 28 heavy (non-hydrogen) atoms. The SMILES string of the molecule is Cc1nc2c(s1)CCC(NS(C)(=O)=O)C2Cc1cccc(-c2ccccc2)c1. The molecule has 146 valence electrons. The van der Waals surface area contributed by atoms with Crippen molar-refractivity contribution in [3.05, 3.63) is 75.7 Å². The Morgan fingerprint density at radius 1 is 1.11 bits per heavy atom. The van der Waals surface area contributed by atoms with E-state index >= 15 is 0 Å². The van der Waals surface area contributed by atoms with Gasteiger partial charge in [0.05, 0.1) is 17.0 Å². The number of benzene rings is 2. The Hall–Kier alpha value is -2.02. The predicted molar refractivity (Wildman–Crippen MR) is 115 cm³/mol. The average Bonchev–Trinajstić information content (AvgIpc) is 3.04. The lowest BCUT2D eigenvalue weighted by atomic mass is 9.82. The Morgan fingerprint density at radius 3 is 2.61 bits per heavy atom. The molecule has 3 aromatic rings. The van der Waals surface area contributed by atoms with Crippen LogP contribution in [-0.2, 0) is 22.9 Å². The number of thiazole rings is 1. The summed E-state index contributed by atoms with van der Waals surface area (Å²) >= 11 is 1.74. The third kappa shape index (κ3) is 4.35. The monoisotopic (exact) mass is 412 g/mol. The molecule has 4 rings (SSSR count). The molecule has 6 heteroatoms. The van der Waals surface area contributed by atoms with Crippen LogP contribution in [0.15, 0.2) is 54.6 Å². The zero-order valence-corrected chi connectivity index (χ0v) is 17.7. The van der Waals surface area contributed by atoms with Gasteiger partial charge in [-0.25, -0.2) is 18.1 Å². The average molecular weight is 413 g/mol. The molecular formula is C22H24N2O2S2. The van der Waals surface area contributed by atoms with Crippen LogP contribution < -0.4 is 4.72 Å². The van der Waals surface area contributed by atoms with Crippen LogP contribution >= 0.6 is 11.3 Å². The Balaban J connectivity index is 1.67. The van der Waals surface area contributed by atoms with E-state index in [-0.39, 0.29) is 12.0 Å². The molecule has 1 aliphatic carbocycles. The number of nitrogens with one attached hydrogen (secondary N) is 1. The molecule has 4 nitrogen and oxygen atoms in total. The summed E-state index contributed by atoms with van der Waals surface area (Å²) in [6, 6.07) is 18.7. The number of nitrogens with zero attached hydrogens (tertiary/aromatic N) is 1. The van der Waals surface area contributed by atoms with E-state index in [1.807, 2.05) is 25.1 Å². The van der Waals surface area contributed by atoms with Gasteiger partial charge in [0.1, 0.15) is 0 Å². The van der Waals surface area contributed by atoms with Crippen molar-refractivity contribution in [3.8, 4) is 11.1 Å². The van der Waals surface area contributed by atoms with Crippen molar-refractivity contribution in [2.24, 2.45) is 0 Å². The van der Waals surface area contributed by atoms with Gasteiger partial charge in [-0.1, -0.05) is 54.6 Å². The van der Waals surface area contributed by atoms with E-state index in [1.165, 1.54) is 27.8 Å². The van der Waals surface area contributed by atoms with Crippen LogP contribution in [0.3, 0.4) is 0 Å². The van der Waals surface area contributed by atoms with Crippen LogP contribution in [0.5, 0.6) is 0 Å². The van der Waals surface area contributed by atoms with Crippen LogP contribution in [0.25, 0.3) is 11.1 Å². The molecular weight excluding hydrogens is 388 g/mol. The highest BCUT2D eigenvalue weighted by Gasteiger charge is 2.34. The molecule has 0 fully saturated rings. The van der Waals surface area contributed by atoms with Gasteiger partial charge in [0.25, 0.3) is 0 Å². The Kier molecular flexibility index (Phi) is 5.36. The topological polar surface area (TPSA) is 59.1 Å². The molecule has 1 aromatic heterocycles. The second-order valence-electron chi connectivity index (χ2n) is 7.45. The number of sulfonamides is 1. The van der Waals surface area contributed by atoms with Crippen molar-refractivity contribution in [1.82, 2.24) is 9.71 Å². The summed E-state index contributed by atoms with van der Waals surface area (Å²) in [5.74, 6) is 0.0504. The first kappa shape index (κ1) is 19.3. The Morgan fingerprint density at radius 2 is 1.86 bits per heavy atom. The van der Waals surface area contributed by atoms with E-state index in [2.05, 4.69) is 41.1 Å². The number of rotatable bonds is 5. The Bertz CT molecular complexity index is 1070. The fourth-order valence-corrected chi connectivity index (χ4v) is 5.90. The molecule has 0 radical (unpaired) electrons. The van der Waals surface area contributed by atoms with Crippen molar-refractivity contribution in [3.63, 3.8) is 0 Å². The molecule has 0 amide bonds. The summed E-state index contributed by atoms with van der Waals surface area (Å²) in [6.45, 7) is 2.02. The molecule has 1 heterocycles. The summed E-state index contributed by atoms with van der Waals surface area (Å²) < 4.78 is 26.7. The fraction of sp³-hybridized carbons (Fsp3) is 0.318. The minimum atomic E-state index is -3.27. The Labute approximate surface area is 170 Å². The maximum Gasteiger partial charge on any atom is 0.208 e. The third-order valence-corrected chi connectivity index (χ3v) is 6.99. The summed E-state index contributed by atoms with van der Waals surface area (Å²) in [5, 5.41) is 1.05. The fourth-order valence-electron chi connectivity index (χ4n) is 4.05. The van der Waals surface area contributed by atoms with E-state index < -0.39 is 10.0 Å². The smallest absolute Gasteiger partial charge is 0.208 e. The van der Waals surface area contributed by atoms with E-state index in [0.29, 0.717) is 0 Å². The van der Waals surface area contributed by atoms with Crippen LogP contribution in [0.2, 0.25) is 0 Å². The minimum absolute atomic E-state index is 0.0504. The number of aromatic nitrogens is 1. The number of hydrogen-bond acceptors (Lipinski definition) is 4. The van der Waals surface area contributed by atoms with Gasteiger partial charge in [0, 0.05) is 16.8 Å². The van der Waals surface area contributed by atoms with Gasteiger partial charge in [-0.05, 0) is 42.9 Å². The molecule has 2 unspecified atom stereocenters. The standard InChI is InChI=1S/C22H24N2O2S2/c1-15-23-22-19(20(24-28(2,25)26)11-12-21(22)27-15)14-16-7-6-10-18(13-16)17-8-4-3-5-9-17/h3-10,13,19-20,24H,11-12,14H2,1-2H3. The molecule has 0 spiro atoms. The van der Waals surface area contributed by atoms with Gasteiger partial charge >= 0.3 is 0 Å². The van der Waals surface area contributed by atoms with Gasteiger partial charge in [0.2, 0.25) is 10.0 Å². The van der Waals surface area contributed by atoms with Gasteiger partial charge < -0.3 is 0 Å². The highest BCUT2D eigenvalue weighted by atomic mass is 32.2. The molecule has 0 bridgehead atoms. The molecule has 1 N–H and O–H groups in total. The van der Waals surface area contributed by atoms with Gasteiger partial charge in [-0.15, -0.1) is 11.3 Å². The third-order valence-electron chi connectivity index (χ3n) is 5.21. The normalized spacial score (nSPS) is 19.4. The van der Waals surface area contributed by atoms with Crippen LogP contribution in [0, 0.1) is 6.92 Å². The zero-order valence-electron chi connectivity index (χ0n) is 16.1. The van der Waals surface area contributed by atoms with Crippen molar-refractivity contribution < 1.29 is 8.42 Å². The van der Waals surface area contributed by atoms with Crippen LogP contribution in [0.1, 0.15) is 33.5 Å². The van der Waals surface area contributed by atoms with E-state index in [9.17, 15) is 8.42 Å². The van der Waals surface area contributed by atoms with Crippen LogP contribution in [-0.4, -0.2) is 25.7 Å². The lowest BCUT2D eigenvalue weighted by Gasteiger charge is -2.31. The molecule has 0 saturated carbocycles. The minimum Gasteiger partial charge on any atom is -0.246 e. The molecule has 1 aliphatic rings. The zero-order chi connectivity index (χ0) is 19.7. The molecule has 0 aliphatic heterocycles. The van der Waals surface area contributed by atoms with Crippen LogP contribution in [0.4, 0.5) is 0 Å². The van der Waals surface area contributed by atoms with Crippen molar-refractivity contribution >= 4 is 21.4 Å². The predicted octanol–water partition coefficient (Wildman–Crippen LogP) is 4.31. The molecule has 2 aromatic carbocycles. The summed E-state index contributed by atoms with van der Waals surface area (Å²) in [6.07, 6.45) is 3.70. The first-order valence-electron chi connectivity index (χ1n) is 9.47.